The van der Waals surface area contributed by atoms with E-state index in [0.29, 0.717) is 12.0 Å². The highest BCUT2D eigenvalue weighted by atomic mass is 32.1. The van der Waals surface area contributed by atoms with Crippen LogP contribution in [-0.4, -0.2) is 43.5 Å². The van der Waals surface area contributed by atoms with E-state index in [2.05, 4.69) is 29.7 Å². The minimum Gasteiger partial charge on any atom is -0.378 e. The molecule has 2 fully saturated rings. The fraction of sp³-hybridized carbons (Fsp3) is 0.800. The van der Waals surface area contributed by atoms with Crippen molar-refractivity contribution in [2.24, 2.45) is 5.92 Å². The lowest BCUT2D eigenvalue weighted by Gasteiger charge is -2.40. The van der Waals surface area contributed by atoms with Crippen LogP contribution in [-0.2, 0) is 15.9 Å². The molecule has 0 aliphatic carbocycles. The molecule has 3 atom stereocenters. The van der Waals surface area contributed by atoms with Crippen molar-refractivity contribution in [3.63, 3.8) is 0 Å². The lowest BCUT2D eigenvalue weighted by molar-refractivity contribution is -0.102. The third-order valence-corrected chi connectivity index (χ3v) is 5.46. The van der Waals surface area contributed by atoms with E-state index >= 15 is 0 Å². The predicted octanol–water partition coefficient (Wildman–Crippen LogP) is 2.17. The third-order valence-electron chi connectivity index (χ3n) is 4.63. The predicted molar refractivity (Wildman–Crippen MR) is 80.2 cm³/mol. The standard InChI is InChI=1S/C15H24N2O2S/c1-11-17-13(9-20-11)7-14(16-2)12-3-5-19-15(8-12)4-6-18-10-15/h9,12,14,16H,3-8,10H2,1-2H3. The number of rotatable bonds is 4. The maximum Gasteiger partial charge on any atom is 0.0939 e. The Hall–Kier alpha value is -0.490. The van der Waals surface area contributed by atoms with E-state index in [1.165, 1.54) is 5.69 Å². The van der Waals surface area contributed by atoms with Crippen LogP contribution in [0.4, 0.5) is 0 Å². The van der Waals surface area contributed by atoms with Crippen molar-refractivity contribution in [1.82, 2.24) is 10.3 Å². The topological polar surface area (TPSA) is 43.4 Å². The molecule has 0 amide bonds. The summed E-state index contributed by atoms with van der Waals surface area (Å²) in [5, 5.41) is 6.85. The highest BCUT2D eigenvalue weighted by Gasteiger charge is 2.42. The molecule has 20 heavy (non-hydrogen) atoms. The summed E-state index contributed by atoms with van der Waals surface area (Å²) >= 11 is 1.74. The van der Waals surface area contributed by atoms with Gasteiger partial charge in [0.05, 0.1) is 22.9 Å². The van der Waals surface area contributed by atoms with Gasteiger partial charge in [-0.15, -0.1) is 11.3 Å². The highest BCUT2D eigenvalue weighted by Crippen LogP contribution is 2.37. The van der Waals surface area contributed by atoms with Crippen LogP contribution in [0.5, 0.6) is 0 Å². The van der Waals surface area contributed by atoms with Crippen LogP contribution in [0.3, 0.4) is 0 Å². The molecule has 0 bridgehead atoms. The average molecular weight is 296 g/mol. The molecule has 3 rings (SSSR count). The van der Waals surface area contributed by atoms with Crippen LogP contribution < -0.4 is 5.32 Å². The minimum atomic E-state index is -0.00396. The number of nitrogens with zero attached hydrogens (tertiary/aromatic N) is 1. The lowest BCUT2D eigenvalue weighted by atomic mass is 9.80. The monoisotopic (exact) mass is 296 g/mol. The third kappa shape index (κ3) is 3.06. The second kappa shape index (κ2) is 6.10. The first-order valence-electron chi connectivity index (χ1n) is 7.51. The molecule has 2 aliphatic heterocycles. The van der Waals surface area contributed by atoms with Gasteiger partial charge in [-0.1, -0.05) is 0 Å². The fourth-order valence-electron chi connectivity index (χ4n) is 3.50. The van der Waals surface area contributed by atoms with Gasteiger partial charge in [0.2, 0.25) is 0 Å². The first kappa shape index (κ1) is 14.4. The molecule has 1 N–H and O–H groups in total. The first-order chi connectivity index (χ1) is 9.71. The molecule has 1 spiro atoms. The first-order valence-corrected chi connectivity index (χ1v) is 8.39. The molecule has 2 saturated heterocycles. The van der Waals surface area contributed by atoms with Gasteiger partial charge < -0.3 is 14.8 Å². The van der Waals surface area contributed by atoms with E-state index in [4.69, 9.17) is 9.47 Å². The van der Waals surface area contributed by atoms with Gasteiger partial charge >= 0.3 is 0 Å². The number of hydrogen-bond donors (Lipinski definition) is 1. The summed E-state index contributed by atoms with van der Waals surface area (Å²) in [5.74, 6) is 0.650. The Kier molecular flexibility index (Phi) is 4.40. The van der Waals surface area contributed by atoms with Crippen LogP contribution in [0.15, 0.2) is 5.38 Å². The molecule has 0 saturated carbocycles. The second-order valence-electron chi connectivity index (χ2n) is 6.04. The summed E-state index contributed by atoms with van der Waals surface area (Å²) in [6.07, 6.45) is 4.32. The van der Waals surface area contributed by atoms with Crippen LogP contribution in [0.25, 0.3) is 0 Å². The summed E-state index contributed by atoms with van der Waals surface area (Å²) in [4.78, 5) is 4.60. The average Bonchev–Trinajstić information content (AvgIpc) is 3.06. The van der Waals surface area contributed by atoms with Crippen LogP contribution in [0.1, 0.15) is 30.0 Å². The Labute approximate surface area is 124 Å². The van der Waals surface area contributed by atoms with Gasteiger partial charge in [-0.05, 0) is 32.7 Å². The fourth-order valence-corrected chi connectivity index (χ4v) is 4.13. The Morgan fingerprint density at radius 2 is 2.45 bits per heavy atom. The van der Waals surface area contributed by atoms with Gasteiger partial charge in [-0.3, -0.25) is 0 Å². The molecule has 1 aromatic heterocycles. The van der Waals surface area contributed by atoms with Crippen molar-refractivity contribution in [3.8, 4) is 0 Å². The van der Waals surface area contributed by atoms with Gasteiger partial charge in [0, 0.05) is 37.5 Å². The second-order valence-corrected chi connectivity index (χ2v) is 7.11. The molecule has 0 aromatic carbocycles. The molecule has 0 radical (unpaired) electrons. The maximum absolute atomic E-state index is 6.04. The number of thiazole rings is 1. The van der Waals surface area contributed by atoms with Gasteiger partial charge in [0.15, 0.2) is 0 Å². The molecule has 112 valence electrons. The number of aryl methyl sites for hydroxylation is 1. The molecule has 1 aromatic rings. The van der Waals surface area contributed by atoms with Gasteiger partial charge in [-0.2, -0.15) is 0 Å². The molecule has 3 heterocycles. The lowest BCUT2D eigenvalue weighted by Crippen LogP contribution is -2.47. The highest BCUT2D eigenvalue weighted by molar-refractivity contribution is 7.09. The minimum absolute atomic E-state index is 0.00396. The summed E-state index contributed by atoms with van der Waals surface area (Å²) in [6, 6.07) is 0.484. The van der Waals surface area contributed by atoms with Crippen molar-refractivity contribution < 1.29 is 9.47 Å². The normalized spacial score (nSPS) is 31.8. The molecular weight excluding hydrogens is 272 g/mol. The number of likely N-dealkylation sites (N-methyl/N-ethyl adjacent to an activating group) is 1. The summed E-state index contributed by atoms with van der Waals surface area (Å²) < 4.78 is 11.6. The van der Waals surface area contributed by atoms with E-state index < -0.39 is 0 Å². The zero-order valence-electron chi connectivity index (χ0n) is 12.4. The maximum atomic E-state index is 6.04. The Bertz CT molecular complexity index is 443. The Morgan fingerprint density at radius 3 is 3.10 bits per heavy atom. The van der Waals surface area contributed by atoms with Crippen LogP contribution >= 0.6 is 11.3 Å². The van der Waals surface area contributed by atoms with Gasteiger partial charge in [-0.25, -0.2) is 4.98 Å². The quantitative estimate of drug-likeness (QED) is 0.925. The van der Waals surface area contributed by atoms with Gasteiger partial charge in [0.1, 0.15) is 0 Å². The largest absolute Gasteiger partial charge is 0.378 e. The zero-order chi connectivity index (χ0) is 14.0. The Morgan fingerprint density at radius 1 is 1.55 bits per heavy atom. The van der Waals surface area contributed by atoms with Crippen molar-refractivity contribution >= 4 is 11.3 Å². The van der Waals surface area contributed by atoms with Crippen molar-refractivity contribution in [2.45, 2.75) is 44.2 Å². The number of hydrogen-bond acceptors (Lipinski definition) is 5. The van der Waals surface area contributed by atoms with Crippen LogP contribution in [0.2, 0.25) is 0 Å². The van der Waals surface area contributed by atoms with E-state index in [1.807, 2.05) is 0 Å². The van der Waals surface area contributed by atoms with E-state index in [1.54, 1.807) is 11.3 Å². The molecule has 3 unspecified atom stereocenters. The summed E-state index contributed by atoms with van der Waals surface area (Å²) in [6.45, 7) is 4.56. The smallest absolute Gasteiger partial charge is 0.0939 e. The van der Waals surface area contributed by atoms with Crippen LogP contribution in [0, 0.1) is 12.8 Å². The van der Waals surface area contributed by atoms with E-state index in [9.17, 15) is 0 Å². The van der Waals surface area contributed by atoms with Crippen molar-refractivity contribution in [2.75, 3.05) is 26.9 Å². The number of ether oxygens (including phenoxy) is 2. The zero-order valence-corrected chi connectivity index (χ0v) is 13.2. The summed E-state index contributed by atoms with van der Waals surface area (Å²) in [5.41, 5.74) is 1.21. The summed E-state index contributed by atoms with van der Waals surface area (Å²) in [7, 11) is 2.07. The van der Waals surface area contributed by atoms with E-state index in [-0.39, 0.29) is 5.60 Å². The number of aromatic nitrogens is 1. The SMILES string of the molecule is CNC(Cc1csc(C)n1)C1CCOC2(CCOC2)C1. The van der Waals surface area contributed by atoms with E-state index in [0.717, 1.165) is 50.5 Å². The molecular formula is C15H24N2O2S. The van der Waals surface area contributed by atoms with Crippen molar-refractivity contribution in [3.05, 3.63) is 16.1 Å². The van der Waals surface area contributed by atoms with Gasteiger partial charge in [0.25, 0.3) is 0 Å². The molecule has 4 nitrogen and oxygen atoms in total. The molecule has 2 aliphatic rings. The Balaban J connectivity index is 1.65. The number of nitrogens with one attached hydrogen (secondary N) is 1. The van der Waals surface area contributed by atoms with Crippen molar-refractivity contribution in [1.29, 1.82) is 0 Å². The molecule has 5 heteroatoms.